The number of aromatic nitrogens is 1. The molecule has 0 spiro atoms. The molecule has 7 nitrogen and oxygen atoms in total. The van der Waals surface area contributed by atoms with Crippen LogP contribution in [0.25, 0.3) is 11.7 Å². The van der Waals surface area contributed by atoms with Gasteiger partial charge in [0.15, 0.2) is 5.76 Å². The van der Waals surface area contributed by atoms with Gasteiger partial charge in [-0.1, -0.05) is 6.07 Å². The van der Waals surface area contributed by atoms with Crippen LogP contribution >= 0.6 is 11.3 Å². The summed E-state index contributed by atoms with van der Waals surface area (Å²) in [6.45, 7) is 2.04. The van der Waals surface area contributed by atoms with Gasteiger partial charge in [0, 0.05) is 29.9 Å². The zero-order valence-electron chi connectivity index (χ0n) is 16.5. The van der Waals surface area contributed by atoms with Crippen LogP contribution in [0, 0.1) is 17.2 Å². The van der Waals surface area contributed by atoms with E-state index in [9.17, 15) is 10.1 Å². The number of furan rings is 1. The van der Waals surface area contributed by atoms with Gasteiger partial charge < -0.3 is 18.6 Å². The Kier molecular flexibility index (Phi) is 5.05. The summed E-state index contributed by atoms with van der Waals surface area (Å²) in [5, 5.41) is 11.5. The Morgan fingerprint density at radius 2 is 2.10 bits per heavy atom. The largest absolute Gasteiger partial charge is 0.459 e. The molecule has 5 rings (SSSR count). The molecule has 0 N–H and O–H groups in total. The van der Waals surface area contributed by atoms with Crippen LogP contribution in [0.4, 0.5) is 5.88 Å². The highest BCUT2D eigenvalue weighted by molar-refractivity contribution is 7.09. The Balaban J connectivity index is 1.26. The minimum Gasteiger partial charge on any atom is -0.459 e. The number of piperidine rings is 1. The average molecular weight is 423 g/mol. The Labute approximate surface area is 178 Å². The minimum absolute atomic E-state index is 0.0137. The van der Waals surface area contributed by atoms with Crippen LogP contribution in [0.15, 0.2) is 44.7 Å². The first-order chi connectivity index (χ1) is 14.7. The van der Waals surface area contributed by atoms with Gasteiger partial charge >= 0.3 is 0 Å². The van der Waals surface area contributed by atoms with E-state index < -0.39 is 0 Å². The van der Waals surface area contributed by atoms with Gasteiger partial charge in [0.05, 0.1) is 12.8 Å². The van der Waals surface area contributed by atoms with Crippen molar-refractivity contribution in [1.29, 1.82) is 5.26 Å². The van der Waals surface area contributed by atoms with E-state index in [4.69, 9.17) is 8.83 Å². The first kappa shape index (κ1) is 18.9. The van der Waals surface area contributed by atoms with Gasteiger partial charge in [-0.25, -0.2) is 0 Å². The Bertz CT molecular complexity index is 1040. The monoisotopic (exact) mass is 422 g/mol. The van der Waals surface area contributed by atoms with Crippen molar-refractivity contribution in [1.82, 2.24) is 9.88 Å². The summed E-state index contributed by atoms with van der Waals surface area (Å²) in [5.41, 5.74) is 0.253. The molecule has 154 valence electrons. The second kappa shape index (κ2) is 8.00. The third-order valence-electron chi connectivity index (χ3n) is 5.76. The summed E-state index contributed by atoms with van der Waals surface area (Å²) >= 11 is 1.70. The zero-order valence-corrected chi connectivity index (χ0v) is 17.3. The molecule has 8 heteroatoms. The molecule has 1 saturated heterocycles. The Hall–Kier alpha value is -3.05. The van der Waals surface area contributed by atoms with E-state index in [2.05, 4.69) is 27.4 Å². The number of hydrogen-bond acceptors (Lipinski definition) is 7. The highest BCUT2D eigenvalue weighted by Gasteiger charge is 2.37. The summed E-state index contributed by atoms with van der Waals surface area (Å²) in [6, 6.07) is 10.1. The van der Waals surface area contributed by atoms with E-state index in [1.54, 1.807) is 29.7 Å². The van der Waals surface area contributed by atoms with E-state index in [0.717, 1.165) is 25.7 Å². The number of amides is 1. The Morgan fingerprint density at radius 1 is 1.27 bits per heavy atom. The van der Waals surface area contributed by atoms with Gasteiger partial charge in [-0.2, -0.15) is 10.2 Å². The molecule has 30 heavy (non-hydrogen) atoms. The lowest BCUT2D eigenvalue weighted by Crippen LogP contribution is -2.43. The SMILES string of the molecule is N#Cc1nc(-c2ccco2)oc1N1CCC(C(=O)N(Cc2cccs2)C2CC2)CC1. The van der Waals surface area contributed by atoms with Crippen LogP contribution < -0.4 is 4.90 Å². The maximum Gasteiger partial charge on any atom is 0.266 e. The lowest BCUT2D eigenvalue weighted by molar-refractivity contribution is -0.137. The van der Waals surface area contributed by atoms with Crippen molar-refractivity contribution in [3.63, 3.8) is 0 Å². The van der Waals surface area contributed by atoms with E-state index in [0.29, 0.717) is 43.2 Å². The molecule has 1 aliphatic heterocycles. The Morgan fingerprint density at radius 3 is 2.73 bits per heavy atom. The molecule has 1 aliphatic carbocycles. The number of nitrogens with zero attached hydrogens (tertiary/aromatic N) is 4. The number of oxazole rings is 1. The third kappa shape index (κ3) is 3.73. The van der Waals surface area contributed by atoms with Crippen LogP contribution in [0.1, 0.15) is 36.3 Å². The summed E-state index contributed by atoms with van der Waals surface area (Å²) in [5.74, 6) is 1.55. The highest BCUT2D eigenvalue weighted by Crippen LogP contribution is 2.35. The molecule has 1 saturated carbocycles. The minimum atomic E-state index is 0.0137. The standard InChI is InChI=1S/C22H22N4O3S/c23-13-18-22(29-20(24-18)19-4-1-11-28-19)25-9-7-15(8-10-25)21(27)26(16-5-6-16)14-17-3-2-12-30-17/h1-4,11-12,15-16H,5-10,14H2. The number of nitriles is 1. The number of carbonyl (C=O) groups excluding carboxylic acids is 1. The average Bonchev–Trinajstić information content (AvgIpc) is 3.20. The topological polar surface area (TPSA) is 86.5 Å². The molecule has 1 amide bonds. The number of thiophene rings is 1. The van der Waals surface area contributed by atoms with Crippen molar-refractivity contribution in [3.8, 4) is 17.7 Å². The van der Waals surface area contributed by atoms with Crippen molar-refractivity contribution in [3.05, 3.63) is 46.5 Å². The smallest absolute Gasteiger partial charge is 0.266 e. The number of rotatable bonds is 6. The maximum absolute atomic E-state index is 13.2. The van der Waals surface area contributed by atoms with E-state index >= 15 is 0 Å². The number of hydrogen-bond donors (Lipinski definition) is 0. The fraction of sp³-hybridized carbons (Fsp3) is 0.409. The molecular weight excluding hydrogens is 400 g/mol. The van der Waals surface area contributed by atoms with E-state index in [1.807, 2.05) is 11.0 Å². The van der Waals surface area contributed by atoms with Crippen molar-refractivity contribution in [2.24, 2.45) is 5.92 Å². The fourth-order valence-corrected chi connectivity index (χ4v) is 4.72. The van der Waals surface area contributed by atoms with Crippen molar-refractivity contribution >= 4 is 23.1 Å². The van der Waals surface area contributed by atoms with Crippen molar-refractivity contribution in [2.45, 2.75) is 38.3 Å². The molecule has 2 fully saturated rings. The number of carbonyl (C=O) groups is 1. The second-order valence-electron chi connectivity index (χ2n) is 7.80. The first-order valence-corrected chi connectivity index (χ1v) is 11.1. The van der Waals surface area contributed by atoms with Crippen LogP contribution in [-0.2, 0) is 11.3 Å². The zero-order chi connectivity index (χ0) is 20.5. The van der Waals surface area contributed by atoms with Crippen LogP contribution in [0.2, 0.25) is 0 Å². The normalized spacial score (nSPS) is 17.1. The van der Waals surface area contributed by atoms with Gasteiger partial charge in [0.1, 0.15) is 6.07 Å². The predicted molar refractivity (Wildman–Crippen MR) is 112 cm³/mol. The van der Waals surface area contributed by atoms with Crippen LogP contribution in [0.3, 0.4) is 0 Å². The first-order valence-electron chi connectivity index (χ1n) is 10.3. The lowest BCUT2D eigenvalue weighted by Gasteiger charge is -2.34. The highest BCUT2D eigenvalue weighted by atomic mass is 32.1. The predicted octanol–water partition coefficient (Wildman–Crippen LogP) is 4.28. The molecule has 0 unspecified atom stereocenters. The molecular formula is C22H22N4O3S. The van der Waals surface area contributed by atoms with Crippen molar-refractivity contribution in [2.75, 3.05) is 18.0 Å². The molecule has 4 heterocycles. The summed E-state index contributed by atoms with van der Waals surface area (Å²) in [7, 11) is 0. The maximum atomic E-state index is 13.2. The van der Waals surface area contributed by atoms with Gasteiger partial charge in [0.2, 0.25) is 17.5 Å². The van der Waals surface area contributed by atoms with Crippen LogP contribution in [0.5, 0.6) is 0 Å². The fourth-order valence-electron chi connectivity index (χ4n) is 4.01. The molecule has 0 radical (unpaired) electrons. The van der Waals surface area contributed by atoms with Crippen LogP contribution in [-0.4, -0.2) is 34.9 Å². The van der Waals surface area contributed by atoms with Gasteiger partial charge in [0.25, 0.3) is 5.89 Å². The third-order valence-corrected chi connectivity index (χ3v) is 6.62. The molecule has 0 bridgehead atoms. The second-order valence-corrected chi connectivity index (χ2v) is 8.83. The van der Waals surface area contributed by atoms with Gasteiger partial charge in [-0.3, -0.25) is 4.79 Å². The number of anilines is 1. The van der Waals surface area contributed by atoms with E-state index in [-0.39, 0.29) is 17.5 Å². The summed E-state index contributed by atoms with van der Waals surface area (Å²) in [6.07, 6.45) is 5.25. The molecule has 3 aromatic heterocycles. The summed E-state index contributed by atoms with van der Waals surface area (Å²) < 4.78 is 11.2. The van der Waals surface area contributed by atoms with Gasteiger partial charge in [-0.05, 0) is 49.3 Å². The quantitative estimate of drug-likeness (QED) is 0.589. The summed E-state index contributed by atoms with van der Waals surface area (Å²) in [4.78, 5) is 22.8. The lowest BCUT2D eigenvalue weighted by atomic mass is 9.95. The van der Waals surface area contributed by atoms with Gasteiger partial charge in [-0.15, -0.1) is 11.3 Å². The molecule has 3 aromatic rings. The molecule has 0 aromatic carbocycles. The molecule has 2 aliphatic rings. The van der Waals surface area contributed by atoms with E-state index in [1.165, 1.54) is 4.88 Å². The van der Waals surface area contributed by atoms with Crippen molar-refractivity contribution < 1.29 is 13.6 Å². The molecule has 0 atom stereocenters.